The number of aliphatic carboxylic acids is 4. The van der Waals surface area contributed by atoms with Crippen LogP contribution in [-0.4, -0.2) is 44.3 Å². The SMILES string of the molecule is CCC(C(=O)O)(C(=O)O)C(CC)(CC)C(CC)(C(=O)O)C(=O)O. The van der Waals surface area contributed by atoms with Crippen LogP contribution in [0, 0.1) is 16.2 Å². The fourth-order valence-electron chi connectivity index (χ4n) is 4.10. The topological polar surface area (TPSA) is 149 Å². The van der Waals surface area contributed by atoms with Crippen LogP contribution in [0.4, 0.5) is 0 Å². The summed E-state index contributed by atoms with van der Waals surface area (Å²) in [5.74, 6) is -6.90. The molecule has 0 aromatic heterocycles. The fraction of sp³-hybridized carbons (Fsp3) is 0.733. The van der Waals surface area contributed by atoms with Gasteiger partial charge in [0, 0.05) is 5.41 Å². The van der Waals surface area contributed by atoms with Crippen LogP contribution in [0.15, 0.2) is 0 Å². The molecule has 0 amide bonds. The van der Waals surface area contributed by atoms with Gasteiger partial charge in [0.25, 0.3) is 0 Å². The highest BCUT2D eigenvalue weighted by molar-refractivity contribution is 6.05. The van der Waals surface area contributed by atoms with Crippen molar-refractivity contribution in [2.75, 3.05) is 0 Å². The van der Waals surface area contributed by atoms with Gasteiger partial charge in [0.05, 0.1) is 0 Å². The molecule has 0 radical (unpaired) electrons. The molecule has 8 heteroatoms. The summed E-state index contributed by atoms with van der Waals surface area (Å²) in [5, 5.41) is 38.6. The van der Waals surface area contributed by atoms with E-state index in [9.17, 15) is 39.6 Å². The van der Waals surface area contributed by atoms with E-state index in [0.717, 1.165) is 0 Å². The average molecular weight is 332 g/mol. The van der Waals surface area contributed by atoms with E-state index in [1.807, 2.05) is 0 Å². The highest BCUT2D eigenvalue weighted by Crippen LogP contribution is 2.60. The van der Waals surface area contributed by atoms with E-state index in [0.29, 0.717) is 0 Å². The summed E-state index contributed by atoms with van der Waals surface area (Å²) in [5.41, 5.74) is -7.05. The molecule has 0 aliphatic heterocycles. The molecule has 0 aromatic rings. The minimum absolute atomic E-state index is 0.220. The van der Waals surface area contributed by atoms with Crippen molar-refractivity contribution in [3.63, 3.8) is 0 Å². The van der Waals surface area contributed by atoms with Gasteiger partial charge in [-0.3, -0.25) is 19.2 Å². The molecule has 0 heterocycles. The molecule has 132 valence electrons. The van der Waals surface area contributed by atoms with E-state index in [4.69, 9.17) is 0 Å². The predicted octanol–water partition coefficient (Wildman–Crippen LogP) is 1.92. The Morgan fingerprint density at radius 3 is 0.870 bits per heavy atom. The lowest BCUT2D eigenvalue weighted by molar-refractivity contribution is -0.204. The third kappa shape index (κ3) is 2.36. The van der Waals surface area contributed by atoms with E-state index in [1.165, 1.54) is 27.7 Å². The van der Waals surface area contributed by atoms with Crippen LogP contribution in [0.3, 0.4) is 0 Å². The maximum Gasteiger partial charge on any atom is 0.321 e. The van der Waals surface area contributed by atoms with Crippen molar-refractivity contribution < 1.29 is 39.6 Å². The second-order valence-electron chi connectivity index (χ2n) is 5.53. The van der Waals surface area contributed by atoms with Crippen LogP contribution >= 0.6 is 0 Å². The maximum absolute atomic E-state index is 11.9. The first-order valence-electron chi connectivity index (χ1n) is 7.45. The lowest BCUT2D eigenvalue weighted by atomic mass is 9.46. The Morgan fingerprint density at radius 1 is 0.565 bits per heavy atom. The minimum atomic E-state index is -2.52. The molecule has 0 atom stereocenters. The average Bonchev–Trinajstić information content (AvgIpc) is 2.45. The zero-order chi connectivity index (χ0) is 18.6. The Kier molecular flexibility index (Phi) is 6.33. The van der Waals surface area contributed by atoms with E-state index in [2.05, 4.69) is 0 Å². The molecule has 0 unspecified atom stereocenters. The number of hydrogen-bond donors (Lipinski definition) is 4. The van der Waals surface area contributed by atoms with Gasteiger partial charge in [-0.25, -0.2) is 0 Å². The van der Waals surface area contributed by atoms with Crippen molar-refractivity contribution in [1.29, 1.82) is 0 Å². The second-order valence-corrected chi connectivity index (χ2v) is 5.53. The molecule has 23 heavy (non-hydrogen) atoms. The normalized spacial score (nSPS) is 12.7. The molecular formula is C15H24O8. The third-order valence-corrected chi connectivity index (χ3v) is 5.36. The van der Waals surface area contributed by atoms with Gasteiger partial charge >= 0.3 is 23.9 Å². The summed E-state index contributed by atoms with van der Waals surface area (Å²) < 4.78 is 0. The summed E-state index contributed by atoms with van der Waals surface area (Å²) in [4.78, 5) is 47.6. The van der Waals surface area contributed by atoms with Crippen LogP contribution in [0.1, 0.15) is 53.4 Å². The predicted molar refractivity (Wildman–Crippen MR) is 79.0 cm³/mol. The molecule has 4 N–H and O–H groups in total. The molecule has 0 fully saturated rings. The van der Waals surface area contributed by atoms with Gasteiger partial charge in [0.1, 0.15) is 0 Å². The Hall–Kier alpha value is -2.12. The number of carbonyl (C=O) groups is 4. The van der Waals surface area contributed by atoms with Crippen molar-refractivity contribution in [2.45, 2.75) is 53.4 Å². The number of hydrogen-bond acceptors (Lipinski definition) is 4. The lowest BCUT2D eigenvalue weighted by Gasteiger charge is -2.52. The lowest BCUT2D eigenvalue weighted by Crippen LogP contribution is -2.65. The first-order valence-corrected chi connectivity index (χ1v) is 7.45. The molecule has 0 bridgehead atoms. The first kappa shape index (κ1) is 20.9. The van der Waals surface area contributed by atoms with E-state index in [-0.39, 0.29) is 12.8 Å². The van der Waals surface area contributed by atoms with E-state index >= 15 is 0 Å². The van der Waals surface area contributed by atoms with Gasteiger partial charge in [-0.1, -0.05) is 27.7 Å². The van der Waals surface area contributed by atoms with Crippen molar-refractivity contribution in [3.8, 4) is 0 Å². The zero-order valence-electron chi connectivity index (χ0n) is 13.8. The first-order chi connectivity index (χ1) is 10.5. The smallest absolute Gasteiger partial charge is 0.321 e. The molecule has 0 saturated heterocycles. The number of carboxylic acid groups (broad SMARTS) is 4. The second kappa shape index (κ2) is 6.97. The van der Waals surface area contributed by atoms with Crippen LogP contribution in [-0.2, 0) is 19.2 Å². The molecule has 0 rings (SSSR count). The number of rotatable bonds is 10. The maximum atomic E-state index is 11.9. The zero-order valence-corrected chi connectivity index (χ0v) is 13.8. The molecule has 0 saturated carbocycles. The molecule has 8 nitrogen and oxygen atoms in total. The van der Waals surface area contributed by atoms with Crippen LogP contribution in [0.2, 0.25) is 0 Å². The third-order valence-electron chi connectivity index (χ3n) is 5.36. The van der Waals surface area contributed by atoms with Gasteiger partial charge in [-0.2, -0.15) is 0 Å². The fourth-order valence-corrected chi connectivity index (χ4v) is 4.10. The van der Waals surface area contributed by atoms with Crippen LogP contribution in [0.25, 0.3) is 0 Å². The highest BCUT2D eigenvalue weighted by atomic mass is 16.4. The van der Waals surface area contributed by atoms with Crippen LogP contribution < -0.4 is 0 Å². The summed E-state index contributed by atoms with van der Waals surface area (Å²) in [6.07, 6.45) is -1.30. The molecule has 0 aromatic carbocycles. The Morgan fingerprint density at radius 2 is 0.783 bits per heavy atom. The Labute approximate surface area is 134 Å². The highest BCUT2D eigenvalue weighted by Gasteiger charge is 2.72. The quantitative estimate of drug-likeness (QED) is 0.443. The summed E-state index contributed by atoms with van der Waals surface area (Å²) in [7, 11) is 0. The van der Waals surface area contributed by atoms with E-state index < -0.39 is 53.0 Å². The standard InChI is InChI=1S/C15H24O8/c1-5-13(6-2,14(7-3,9(16)17)10(18)19)15(8-4,11(20)21)12(22)23/h5-8H2,1-4H3,(H,16,17)(H,18,19)(H,20,21)(H,22,23). The largest absolute Gasteiger partial charge is 0.480 e. The van der Waals surface area contributed by atoms with Gasteiger partial charge in [-0.15, -0.1) is 0 Å². The van der Waals surface area contributed by atoms with Crippen molar-refractivity contribution >= 4 is 23.9 Å². The molecular weight excluding hydrogens is 308 g/mol. The monoisotopic (exact) mass is 332 g/mol. The van der Waals surface area contributed by atoms with E-state index in [1.54, 1.807) is 0 Å². The van der Waals surface area contributed by atoms with Crippen molar-refractivity contribution in [1.82, 2.24) is 0 Å². The van der Waals surface area contributed by atoms with Gasteiger partial charge in [-0.05, 0) is 25.7 Å². The Bertz CT molecular complexity index is 434. The van der Waals surface area contributed by atoms with Crippen molar-refractivity contribution in [2.24, 2.45) is 16.2 Å². The summed E-state index contributed by atoms with van der Waals surface area (Å²) >= 11 is 0. The summed E-state index contributed by atoms with van der Waals surface area (Å²) in [6, 6.07) is 0. The van der Waals surface area contributed by atoms with Crippen molar-refractivity contribution in [3.05, 3.63) is 0 Å². The minimum Gasteiger partial charge on any atom is -0.480 e. The van der Waals surface area contributed by atoms with Gasteiger partial charge < -0.3 is 20.4 Å². The summed E-state index contributed by atoms with van der Waals surface area (Å²) in [6.45, 7) is 5.48. The Balaban J connectivity index is 7.19. The molecule has 0 aliphatic carbocycles. The van der Waals surface area contributed by atoms with Gasteiger partial charge in [0.15, 0.2) is 10.8 Å². The molecule has 0 aliphatic rings. The van der Waals surface area contributed by atoms with Gasteiger partial charge in [0.2, 0.25) is 0 Å². The number of carboxylic acids is 4. The van der Waals surface area contributed by atoms with Crippen LogP contribution in [0.5, 0.6) is 0 Å². The molecule has 0 spiro atoms.